The number of amides is 1. The van der Waals surface area contributed by atoms with E-state index in [0.717, 1.165) is 32.0 Å². The highest BCUT2D eigenvalue weighted by atomic mass is 35.6. The van der Waals surface area contributed by atoms with Crippen molar-refractivity contribution in [2.45, 2.75) is 58.5 Å². The molecule has 1 saturated heterocycles. The predicted molar refractivity (Wildman–Crippen MR) is 88.7 cm³/mol. The molecule has 0 radical (unpaired) electrons. The van der Waals surface area contributed by atoms with Crippen molar-refractivity contribution in [1.82, 2.24) is 4.90 Å². The van der Waals surface area contributed by atoms with E-state index in [4.69, 9.17) is 11.1 Å². The van der Waals surface area contributed by atoms with Crippen LogP contribution in [0.15, 0.2) is 0 Å². The number of hydrogen-bond donors (Lipinski definition) is 0. The second-order valence-electron chi connectivity index (χ2n) is 7.57. The van der Waals surface area contributed by atoms with E-state index >= 15 is 0 Å². The predicted octanol–water partition coefficient (Wildman–Crippen LogP) is 3.56. The number of nitrogens with zero attached hydrogens (tertiary/aromatic N) is 1. The van der Waals surface area contributed by atoms with Crippen LogP contribution in [0.5, 0.6) is 0 Å². The summed E-state index contributed by atoms with van der Waals surface area (Å²) in [5.41, 5.74) is 0. The lowest BCUT2D eigenvalue weighted by Crippen LogP contribution is -2.73. The highest BCUT2D eigenvalue weighted by molar-refractivity contribution is 7.82. The lowest BCUT2D eigenvalue weighted by atomic mass is 10.1. The maximum atomic E-state index is 12.0. The molecule has 0 atom stereocenters. The maximum absolute atomic E-state index is 12.0. The summed E-state index contributed by atoms with van der Waals surface area (Å²) >= 11 is 7.26. The fourth-order valence-electron chi connectivity index (χ4n) is 2.89. The number of hydrogen-bond acceptors (Lipinski definition) is 1. The van der Waals surface area contributed by atoms with Crippen LogP contribution in [0.1, 0.15) is 19.3 Å². The summed E-state index contributed by atoms with van der Waals surface area (Å²) in [6.45, 7) is 15.3. The van der Waals surface area contributed by atoms with Crippen molar-refractivity contribution in [2.24, 2.45) is 0 Å². The molecule has 2 nitrogen and oxygen atoms in total. The molecule has 1 aliphatic rings. The first-order valence-corrected chi connectivity index (χ1v) is 19.2. The van der Waals surface area contributed by atoms with Crippen molar-refractivity contribution >= 4 is 38.6 Å². The van der Waals surface area contributed by atoms with Crippen LogP contribution in [0, 0.1) is 0 Å². The topological polar surface area (TPSA) is 20.3 Å². The normalized spacial score (nSPS) is 19.3. The Bertz CT molecular complexity index is 308. The zero-order valence-corrected chi connectivity index (χ0v) is 16.5. The molecule has 0 saturated carbocycles. The number of likely N-dealkylation sites (tertiary alicyclic amines) is 1. The van der Waals surface area contributed by atoms with Gasteiger partial charge in [0.1, 0.15) is 0 Å². The fraction of sp³-hybridized carbons (Fsp3) is 0.917. The molecule has 0 aromatic heterocycles. The van der Waals surface area contributed by atoms with E-state index in [2.05, 4.69) is 44.2 Å². The highest BCUT2D eigenvalue weighted by Gasteiger charge is 2.55. The molecule has 0 bridgehead atoms. The number of carbonyl (C=O) groups is 1. The minimum Gasteiger partial charge on any atom is -0.345 e. The Balaban J connectivity index is 2.96. The van der Waals surface area contributed by atoms with Gasteiger partial charge in [-0.25, -0.2) is 0 Å². The van der Waals surface area contributed by atoms with Gasteiger partial charge in [0.2, 0.25) is 5.91 Å². The third-order valence-electron chi connectivity index (χ3n) is 4.21. The van der Waals surface area contributed by atoms with Gasteiger partial charge in [-0.05, 0) is 12.8 Å². The van der Waals surface area contributed by atoms with Gasteiger partial charge >= 0.3 is 0 Å². The van der Waals surface area contributed by atoms with Crippen molar-refractivity contribution in [2.75, 3.05) is 12.7 Å². The third-order valence-corrected chi connectivity index (χ3v) is 49.1. The summed E-state index contributed by atoms with van der Waals surface area (Å²) in [6.07, 6.45) is 2.04. The Kier molecular flexibility index (Phi) is 4.96. The van der Waals surface area contributed by atoms with E-state index in [1.165, 1.54) is 0 Å². The Morgan fingerprint density at radius 1 is 1.06 bits per heavy atom. The van der Waals surface area contributed by atoms with Gasteiger partial charge in [0, 0.05) is 19.1 Å². The minimum absolute atomic E-state index is 0.343. The molecule has 0 aliphatic carbocycles. The van der Waals surface area contributed by atoms with Crippen molar-refractivity contribution in [3.05, 3.63) is 0 Å². The van der Waals surface area contributed by atoms with E-state index < -0.39 is 21.6 Å². The Hall–Kier alpha value is 0.411. The van der Waals surface area contributed by atoms with Crippen LogP contribution >= 0.6 is 11.1 Å². The van der Waals surface area contributed by atoms with E-state index in [1.807, 2.05) is 0 Å². The second-order valence-corrected chi connectivity index (χ2v) is 38.0. The van der Waals surface area contributed by atoms with Crippen LogP contribution in [0.4, 0.5) is 0 Å². The molecule has 18 heavy (non-hydrogen) atoms. The van der Waals surface area contributed by atoms with Crippen LogP contribution in [0.3, 0.4) is 0 Å². The first kappa shape index (κ1) is 16.5. The summed E-state index contributed by atoms with van der Waals surface area (Å²) < 4.78 is 0. The molecular weight excluding hydrogens is 294 g/mol. The molecule has 6 heteroatoms. The lowest BCUT2D eigenvalue weighted by molar-refractivity contribution is -0.132. The Morgan fingerprint density at radius 2 is 1.56 bits per heavy atom. The van der Waals surface area contributed by atoms with Crippen molar-refractivity contribution in [3.63, 3.8) is 0 Å². The van der Waals surface area contributed by atoms with Crippen LogP contribution in [0.25, 0.3) is 0 Å². The standard InChI is InChI=1S/C12H28ClNOSi3/c1-16(2,3)18(13,17(4,5)6)11-14-10-8-7-9-12(14)15/h7-11H2,1-6H3. The van der Waals surface area contributed by atoms with Gasteiger partial charge in [-0.1, -0.05) is 39.3 Å². The van der Waals surface area contributed by atoms with Crippen LogP contribution in [-0.4, -0.2) is 45.1 Å². The van der Waals surface area contributed by atoms with Gasteiger partial charge < -0.3 is 4.90 Å². The van der Waals surface area contributed by atoms with Crippen molar-refractivity contribution in [3.8, 4) is 0 Å². The van der Waals surface area contributed by atoms with E-state index in [1.54, 1.807) is 0 Å². The summed E-state index contributed by atoms with van der Waals surface area (Å²) in [7, 11) is -2.78. The molecule has 1 rings (SSSR count). The van der Waals surface area contributed by atoms with Gasteiger partial charge in [0.25, 0.3) is 0 Å². The van der Waals surface area contributed by atoms with Crippen LogP contribution < -0.4 is 0 Å². The maximum Gasteiger partial charge on any atom is 0.222 e. The molecule has 0 N–H and O–H groups in total. The minimum atomic E-state index is -1.83. The summed E-state index contributed by atoms with van der Waals surface area (Å²) in [4.78, 5) is 14.1. The highest BCUT2D eigenvalue weighted by Crippen LogP contribution is 2.34. The molecule has 106 valence electrons. The average molecular weight is 322 g/mol. The third kappa shape index (κ3) is 3.29. The van der Waals surface area contributed by atoms with Gasteiger partial charge in [-0.3, -0.25) is 4.79 Å². The van der Waals surface area contributed by atoms with Crippen molar-refractivity contribution < 1.29 is 4.79 Å². The number of carbonyl (C=O) groups excluding carboxylic acids is 1. The van der Waals surface area contributed by atoms with E-state index in [-0.39, 0.29) is 0 Å². The number of piperidine rings is 1. The fourth-order valence-corrected chi connectivity index (χ4v) is 38.4. The molecule has 0 aromatic rings. The lowest BCUT2D eigenvalue weighted by Gasteiger charge is -2.47. The van der Waals surface area contributed by atoms with E-state index in [0.29, 0.717) is 5.91 Å². The Morgan fingerprint density at radius 3 is 1.94 bits per heavy atom. The molecule has 1 fully saturated rings. The van der Waals surface area contributed by atoms with Crippen molar-refractivity contribution in [1.29, 1.82) is 0 Å². The summed E-state index contributed by atoms with van der Waals surface area (Å²) in [5.74, 6) is 0.343. The van der Waals surface area contributed by atoms with Crippen LogP contribution in [-0.2, 0) is 4.79 Å². The molecule has 1 heterocycles. The van der Waals surface area contributed by atoms with Crippen LogP contribution in [0.2, 0.25) is 39.3 Å². The van der Waals surface area contributed by atoms with Gasteiger partial charge in [0.15, 0.2) is 6.42 Å². The monoisotopic (exact) mass is 321 g/mol. The van der Waals surface area contributed by atoms with E-state index in [9.17, 15) is 4.79 Å². The zero-order valence-electron chi connectivity index (χ0n) is 12.8. The van der Waals surface area contributed by atoms with Gasteiger partial charge in [0.05, 0.1) is 15.2 Å². The summed E-state index contributed by atoms with van der Waals surface area (Å²) in [6, 6.07) is 0. The first-order chi connectivity index (χ1) is 7.99. The average Bonchev–Trinajstić information content (AvgIpc) is 2.18. The smallest absolute Gasteiger partial charge is 0.222 e. The number of halogens is 1. The first-order valence-electron chi connectivity index (χ1n) is 6.96. The molecule has 0 unspecified atom stereocenters. The SMILES string of the molecule is C[Si](C)(C)[Si](Cl)(CN1CCCCC1=O)[Si](C)(C)C. The van der Waals surface area contributed by atoms with Gasteiger partial charge in [-0.2, -0.15) is 11.1 Å². The molecule has 0 spiro atoms. The summed E-state index contributed by atoms with van der Waals surface area (Å²) in [5, 5.41) is 0. The molecule has 0 aromatic carbocycles. The van der Waals surface area contributed by atoms with Gasteiger partial charge in [-0.15, -0.1) is 0 Å². The molecular formula is C12H28ClNOSi3. The largest absolute Gasteiger partial charge is 0.345 e. The quantitative estimate of drug-likeness (QED) is 0.572. The Labute approximate surface area is 119 Å². The molecule has 1 amide bonds. The number of rotatable bonds is 4. The second kappa shape index (κ2) is 5.42. The molecule has 1 aliphatic heterocycles. The zero-order chi connectivity index (χ0) is 14.2.